The molecule has 0 aliphatic heterocycles. The van der Waals surface area contributed by atoms with Crippen molar-refractivity contribution in [2.24, 2.45) is 0 Å². The molecule has 2 aromatic carbocycles. The van der Waals surface area contributed by atoms with Gasteiger partial charge in [-0.05, 0) is 54.3 Å². The Morgan fingerprint density at radius 3 is 1.95 bits per heavy atom. The third-order valence-electron chi connectivity index (χ3n) is 4.24. The van der Waals surface area contributed by atoms with Gasteiger partial charge < -0.3 is 11.5 Å². The van der Waals surface area contributed by atoms with Crippen molar-refractivity contribution in [3.8, 4) is 0 Å². The molecule has 0 fully saturated rings. The summed E-state index contributed by atoms with van der Waals surface area (Å²) in [6, 6.07) is 16.3. The second-order valence-corrected chi connectivity index (χ2v) is 6.24. The van der Waals surface area contributed by atoms with Crippen molar-refractivity contribution in [2.45, 2.75) is 39.0 Å². The quantitative estimate of drug-likeness (QED) is 0.761. The Labute approximate surface area is 133 Å². The maximum absolute atomic E-state index is 5.82. The Balaban J connectivity index is 2.39. The lowest BCUT2D eigenvalue weighted by molar-refractivity contribution is 0.532. The lowest BCUT2D eigenvalue weighted by Gasteiger charge is -2.28. The van der Waals surface area contributed by atoms with E-state index in [1.54, 1.807) is 0 Å². The summed E-state index contributed by atoms with van der Waals surface area (Å²) in [5.41, 5.74) is 17.0. The van der Waals surface area contributed by atoms with Gasteiger partial charge in [-0.15, -0.1) is 0 Å². The number of allylic oxidation sites excluding steroid dienone is 2. The zero-order chi connectivity index (χ0) is 16.2. The number of rotatable bonds is 5. The van der Waals surface area contributed by atoms with E-state index < -0.39 is 0 Å². The second kappa shape index (κ2) is 6.69. The van der Waals surface area contributed by atoms with Gasteiger partial charge in [0.15, 0.2) is 0 Å². The minimum absolute atomic E-state index is 0.00786. The molecule has 4 N–H and O–H groups in total. The van der Waals surface area contributed by atoms with Crippen LogP contribution in [-0.2, 0) is 5.41 Å². The molecule has 2 aromatic rings. The first kappa shape index (κ1) is 16.2. The van der Waals surface area contributed by atoms with Gasteiger partial charge in [0.2, 0.25) is 0 Å². The first-order chi connectivity index (χ1) is 10.4. The van der Waals surface area contributed by atoms with Crippen molar-refractivity contribution < 1.29 is 0 Å². The zero-order valence-electron chi connectivity index (χ0n) is 13.8. The summed E-state index contributed by atoms with van der Waals surface area (Å²) in [5, 5.41) is 0. The molecule has 0 spiro atoms. The molecule has 0 aliphatic rings. The van der Waals surface area contributed by atoms with E-state index in [9.17, 15) is 0 Å². The fourth-order valence-corrected chi connectivity index (χ4v) is 2.99. The van der Waals surface area contributed by atoms with Crippen molar-refractivity contribution in [2.75, 3.05) is 11.5 Å². The van der Waals surface area contributed by atoms with Gasteiger partial charge in [0.25, 0.3) is 0 Å². The van der Waals surface area contributed by atoms with Crippen LogP contribution in [0.2, 0.25) is 0 Å². The van der Waals surface area contributed by atoms with Crippen molar-refractivity contribution in [3.63, 3.8) is 0 Å². The molecule has 0 heterocycles. The minimum atomic E-state index is 0.00786. The maximum atomic E-state index is 5.82. The molecule has 116 valence electrons. The number of hydrogen-bond donors (Lipinski definition) is 2. The van der Waals surface area contributed by atoms with Crippen LogP contribution >= 0.6 is 0 Å². The van der Waals surface area contributed by atoms with E-state index in [1.165, 1.54) is 16.7 Å². The Bertz CT molecular complexity index is 638. The number of anilines is 2. The summed E-state index contributed by atoms with van der Waals surface area (Å²) in [5.74, 6) is 0. The van der Waals surface area contributed by atoms with Crippen molar-refractivity contribution in [1.82, 2.24) is 0 Å². The van der Waals surface area contributed by atoms with Crippen LogP contribution in [0.15, 0.2) is 54.6 Å². The van der Waals surface area contributed by atoms with E-state index in [-0.39, 0.29) is 5.41 Å². The third kappa shape index (κ3) is 3.70. The summed E-state index contributed by atoms with van der Waals surface area (Å²) < 4.78 is 0. The Hall–Kier alpha value is -2.22. The van der Waals surface area contributed by atoms with E-state index in [2.05, 4.69) is 51.1 Å². The van der Waals surface area contributed by atoms with Crippen LogP contribution in [0.25, 0.3) is 5.57 Å². The Morgan fingerprint density at radius 1 is 0.955 bits per heavy atom. The van der Waals surface area contributed by atoms with E-state index in [0.717, 1.165) is 24.2 Å². The molecule has 22 heavy (non-hydrogen) atoms. The van der Waals surface area contributed by atoms with E-state index in [1.807, 2.05) is 24.3 Å². The van der Waals surface area contributed by atoms with Gasteiger partial charge in [-0.3, -0.25) is 0 Å². The molecule has 0 radical (unpaired) electrons. The minimum Gasteiger partial charge on any atom is -0.399 e. The number of hydrogen-bond acceptors (Lipinski definition) is 2. The summed E-state index contributed by atoms with van der Waals surface area (Å²) in [6.45, 7) is 6.68. The Morgan fingerprint density at radius 2 is 1.45 bits per heavy atom. The highest BCUT2D eigenvalue weighted by Gasteiger charge is 2.23. The van der Waals surface area contributed by atoms with Crippen molar-refractivity contribution in [3.05, 3.63) is 65.7 Å². The van der Waals surface area contributed by atoms with Crippen LogP contribution in [0.4, 0.5) is 11.4 Å². The summed E-state index contributed by atoms with van der Waals surface area (Å²) >= 11 is 0. The molecule has 1 atom stereocenters. The highest BCUT2D eigenvalue weighted by molar-refractivity contribution is 5.67. The standard InChI is InChI=1S/C20H26N2/c1-4-13-20(3,17-7-11-19(22)12-8-17)14-15(2)16-5-9-18(21)10-6-16/h5-12,14H,4,13,21-22H2,1-3H3. The molecule has 2 rings (SSSR count). The normalized spacial score (nSPS) is 14.6. The van der Waals surface area contributed by atoms with Crippen LogP contribution in [0, 0.1) is 0 Å². The third-order valence-corrected chi connectivity index (χ3v) is 4.24. The SMILES string of the molecule is CCCC(C)(C=C(C)c1ccc(N)cc1)c1ccc(N)cc1. The van der Waals surface area contributed by atoms with Gasteiger partial charge in [0, 0.05) is 16.8 Å². The largest absolute Gasteiger partial charge is 0.399 e. The fraction of sp³-hybridized carbons (Fsp3) is 0.300. The maximum Gasteiger partial charge on any atom is 0.0314 e. The van der Waals surface area contributed by atoms with Gasteiger partial charge in [-0.25, -0.2) is 0 Å². The number of nitrogens with two attached hydrogens (primary N) is 2. The molecule has 0 amide bonds. The highest BCUT2D eigenvalue weighted by atomic mass is 14.5. The van der Waals surface area contributed by atoms with Crippen LogP contribution in [0.5, 0.6) is 0 Å². The van der Waals surface area contributed by atoms with Gasteiger partial charge in [-0.2, -0.15) is 0 Å². The van der Waals surface area contributed by atoms with Gasteiger partial charge in [-0.1, -0.05) is 50.6 Å². The molecule has 1 unspecified atom stereocenters. The van der Waals surface area contributed by atoms with Gasteiger partial charge in [0.1, 0.15) is 0 Å². The van der Waals surface area contributed by atoms with Gasteiger partial charge >= 0.3 is 0 Å². The second-order valence-electron chi connectivity index (χ2n) is 6.24. The van der Waals surface area contributed by atoms with Crippen molar-refractivity contribution in [1.29, 1.82) is 0 Å². The topological polar surface area (TPSA) is 52.0 Å². The fourth-order valence-electron chi connectivity index (χ4n) is 2.99. The first-order valence-electron chi connectivity index (χ1n) is 7.86. The van der Waals surface area contributed by atoms with Crippen molar-refractivity contribution >= 4 is 16.9 Å². The lowest BCUT2D eigenvalue weighted by Crippen LogP contribution is -2.19. The molecule has 0 aromatic heterocycles. The summed E-state index contributed by atoms with van der Waals surface area (Å²) in [6.07, 6.45) is 4.60. The monoisotopic (exact) mass is 294 g/mol. The molecule has 2 nitrogen and oxygen atoms in total. The highest BCUT2D eigenvalue weighted by Crippen LogP contribution is 2.34. The van der Waals surface area contributed by atoms with Gasteiger partial charge in [0.05, 0.1) is 0 Å². The van der Waals surface area contributed by atoms with Crippen LogP contribution in [0.1, 0.15) is 44.7 Å². The predicted octanol–water partition coefficient (Wildman–Crippen LogP) is 5.01. The first-order valence-corrected chi connectivity index (χ1v) is 7.86. The molecular weight excluding hydrogens is 268 g/mol. The molecule has 0 saturated heterocycles. The number of benzene rings is 2. The van der Waals surface area contributed by atoms with Crippen LogP contribution in [-0.4, -0.2) is 0 Å². The summed E-state index contributed by atoms with van der Waals surface area (Å²) in [4.78, 5) is 0. The Kier molecular flexibility index (Phi) is 4.92. The predicted molar refractivity (Wildman–Crippen MR) is 97.6 cm³/mol. The van der Waals surface area contributed by atoms with Crippen LogP contribution < -0.4 is 11.5 Å². The average Bonchev–Trinajstić information content (AvgIpc) is 2.48. The van der Waals surface area contributed by atoms with E-state index in [0.29, 0.717) is 0 Å². The zero-order valence-corrected chi connectivity index (χ0v) is 13.8. The molecule has 0 bridgehead atoms. The van der Waals surface area contributed by atoms with E-state index in [4.69, 9.17) is 11.5 Å². The van der Waals surface area contributed by atoms with Crippen LogP contribution in [0.3, 0.4) is 0 Å². The lowest BCUT2D eigenvalue weighted by atomic mass is 9.77. The molecule has 2 heteroatoms. The smallest absolute Gasteiger partial charge is 0.0314 e. The molecule has 0 aliphatic carbocycles. The van der Waals surface area contributed by atoms with E-state index >= 15 is 0 Å². The average molecular weight is 294 g/mol. The molecule has 0 saturated carbocycles. The number of nitrogen functional groups attached to an aromatic ring is 2. The molecular formula is C20H26N2. The summed E-state index contributed by atoms with van der Waals surface area (Å²) in [7, 11) is 0.